The molecule has 9 heteroatoms. The van der Waals surface area contributed by atoms with E-state index in [1.807, 2.05) is 0 Å². The van der Waals surface area contributed by atoms with E-state index in [2.05, 4.69) is 9.97 Å². The van der Waals surface area contributed by atoms with Crippen LogP contribution in [0.2, 0.25) is 5.02 Å². The Labute approximate surface area is 121 Å². The van der Waals surface area contributed by atoms with Gasteiger partial charge in [0.15, 0.2) is 5.69 Å². The monoisotopic (exact) mass is 317 g/mol. The number of nitrogen functional groups attached to an aromatic ring is 1. The summed E-state index contributed by atoms with van der Waals surface area (Å²) in [6.07, 6.45) is -3.90. The van der Waals surface area contributed by atoms with Gasteiger partial charge in [-0.1, -0.05) is 11.6 Å². The van der Waals surface area contributed by atoms with Crippen molar-refractivity contribution in [2.24, 2.45) is 0 Å². The van der Waals surface area contributed by atoms with Crippen LogP contribution in [0.25, 0.3) is 11.4 Å². The predicted molar refractivity (Wildman–Crippen MR) is 68.9 cm³/mol. The smallest absolute Gasteiger partial charge is 0.417 e. The fourth-order valence-electron chi connectivity index (χ4n) is 1.56. The van der Waals surface area contributed by atoms with Crippen molar-refractivity contribution < 1.29 is 23.1 Å². The van der Waals surface area contributed by atoms with Crippen LogP contribution in [0.3, 0.4) is 0 Å². The van der Waals surface area contributed by atoms with E-state index in [1.54, 1.807) is 0 Å². The van der Waals surface area contributed by atoms with E-state index in [0.717, 1.165) is 18.2 Å². The highest BCUT2D eigenvalue weighted by Gasteiger charge is 2.30. The van der Waals surface area contributed by atoms with Gasteiger partial charge in [-0.3, -0.25) is 4.98 Å². The molecule has 0 amide bonds. The first kappa shape index (κ1) is 15.0. The molecule has 0 unspecified atom stereocenters. The molecule has 2 heterocycles. The Morgan fingerprint density at radius 2 is 2.00 bits per heavy atom. The summed E-state index contributed by atoms with van der Waals surface area (Å²) in [4.78, 5) is 18.3. The van der Waals surface area contributed by atoms with Gasteiger partial charge in [0.2, 0.25) is 0 Å². The van der Waals surface area contributed by atoms with E-state index in [0.29, 0.717) is 6.20 Å². The van der Waals surface area contributed by atoms with Gasteiger partial charge in [-0.15, -0.1) is 0 Å². The average Bonchev–Trinajstić information content (AvgIpc) is 2.37. The van der Waals surface area contributed by atoms with Crippen LogP contribution in [-0.4, -0.2) is 21.0 Å². The Bertz CT molecular complexity index is 702. The van der Waals surface area contributed by atoms with Crippen LogP contribution < -0.4 is 5.73 Å². The van der Waals surface area contributed by atoms with Crippen LogP contribution in [0.1, 0.15) is 16.1 Å². The number of pyridine rings is 2. The molecule has 0 saturated heterocycles. The Morgan fingerprint density at radius 1 is 1.33 bits per heavy atom. The minimum atomic E-state index is -4.52. The SMILES string of the molecule is Nc1cc(Cl)c(-c2ccc(C(F)(F)F)cn2)nc1C(=O)O. The summed E-state index contributed by atoms with van der Waals surface area (Å²) in [6.45, 7) is 0. The molecule has 0 aliphatic carbocycles. The zero-order chi connectivity index (χ0) is 15.8. The van der Waals surface area contributed by atoms with Gasteiger partial charge >= 0.3 is 12.1 Å². The molecule has 0 atom stereocenters. The Hall–Kier alpha value is -2.35. The summed E-state index contributed by atoms with van der Waals surface area (Å²) in [6, 6.07) is 3.02. The highest BCUT2D eigenvalue weighted by molar-refractivity contribution is 6.33. The van der Waals surface area contributed by atoms with Gasteiger partial charge < -0.3 is 10.8 Å². The molecule has 5 nitrogen and oxygen atoms in total. The summed E-state index contributed by atoms with van der Waals surface area (Å²) < 4.78 is 37.3. The van der Waals surface area contributed by atoms with E-state index in [-0.39, 0.29) is 22.1 Å². The summed E-state index contributed by atoms with van der Waals surface area (Å²) in [5.41, 5.74) is 3.87. The van der Waals surface area contributed by atoms with Crippen molar-refractivity contribution in [2.75, 3.05) is 5.73 Å². The molecule has 0 aromatic carbocycles. The van der Waals surface area contributed by atoms with Crippen LogP contribution in [0.15, 0.2) is 24.4 Å². The van der Waals surface area contributed by atoms with E-state index in [4.69, 9.17) is 22.4 Å². The predicted octanol–water partition coefficient (Wildman–Crippen LogP) is 3.10. The molecule has 2 aromatic heterocycles. The van der Waals surface area contributed by atoms with Gasteiger partial charge in [-0.25, -0.2) is 9.78 Å². The molecular weight excluding hydrogens is 311 g/mol. The molecule has 110 valence electrons. The third kappa shape index (κ3) is 3.05. The van der Waals surface area contributed by atoms with Crippen LogP contribution >= 0.6 is 11.6 Å². The summed E-state index contributed by atoms with van der Waals surface area (Å²) in [7, 11) is 0. The molecule has 0 aliphatic heterocycles. The number of hydrogen-bond acceptors (Lipinski definition) is 4. The maximum absolute atomic E-state index is 12.4. The third-order valence-electron chi connectivity index (χ3n) is 2.54. The number of nitrogens with two attached hydrogens (primary N) is 1. The lowest BCUT2D eigenvalue weighted by molar-refractivity contribution is -0.137. The highest BCUT2D eigenvalue weighted by Crippen LogP contribution is 2.31. The second-order valence-corrected chi connectivity index (χ2v) is 4.40. The summed E-state index contributed by atoms with van der Waals surface area (Å²) >= 11 is 5.87. The number of carbonyl (C=O) groups is 1. The van der Waals surface area contributed by atoms with Crippen molar-refractivity contribution in [3.8, 4) is 11.4 Å². The Morgan fingerprint density at radius 3 is 2.48 bits per heavy atom. The van der Waals surface area contributed by atoms with Crippen molar-refractivity contribution in [3.63, 3.8) is 0 Å². The number of rotatable bonds is 2. The molecule has 2 rings (SSSR count). The van der Waals surface area contributed by atoms with E-state index < -0.39 is 23.4 Å². The lowest BCUT2D eigenvalue weighted by Crippen LogP contribution is -2.08. The van der Waals surface area contributed by atoms with E-state index in [9.17, 15) is 18.0 Å². The first-order valence-electron chi connectivity index (χ1n) is 5.43. The summed E-state index contributed by atoms with van der Waals surface area (Å²) in [5.74, 6) is -1.38. The quantitative estimate of drug-likeness (QED) is 0.888. The molecule has 0 fully saturated rings. The molecule has 0 bridgehead atoms. The number of halogens is 4. The number of carboxylic acid groups (broad SMARTS) is 1. The molecule has 3 N–H and O–H groups in total. The third-order valence-corrected chi connectivity index (χ3v) is 2.83. The minimum absolute atomic E-state index is 0.00948. The van der Waals surface area contributed by atoms with Gasteiger partial charge in [0.05, 0.1) is 22.0 Å². The van der Waals surface area contributed by atoms with Crippen LogP contribution in [0.4, 0.5) is 18.9 Å². The first-order valence-corrected chi connectivity index (χ1v) is 5.81. The first-order chi connectivity index (χ1) is 9.70. The van der Waals surface area contributed by atoms with Crippen LogP contribution in [0.5, 0.6) is 0 Å². The topological polar surface area (TPSA) is 89.1 Å². The highest BCUT2D eigenvalue weighted by atomic mass is 35.5. The maximum Gasteiger partial charge on any atom is 0.417 e. The van der Waals surface area contributed by atoms with Crippen molar-refractivity contribution in [2.45, 2.75) is 6.18 Å². The van der Waals surface area contributed by atoms with Gasteiger partial charge in [0.1, 0.15) is 5.69 Å². The second kappa shape index (κ2) is 5.21. The van der Waals surface area contributed by atoms with Gasteiger partial charge in [-0.05, 0) is 18.2 Å². The number of aromatic nitrogens is 2. The fourth-order valence-corrected chi connectivity index (χ4v) is 1.81. The van der Waals surface area contributed by atoms with Crippen molar-refractivity contribution in [1.82, 2.24) is 9.97 Å². The minimum Gasteiger partial charge on any atom is -0.476 e. The maximum atomic E-state index is 12.4. The Balaban J connectivity index is 2.52. The molecule has 0 aliphatic rings. The molecule has 2 aromatic rings. The number of carboxylic acids is 1. The second-order valence-electron chi connectivity index (χ2n) is 3.99. The van der Waals surface area contributed by atoms with E-state index >= 15 is 0 Å². The van der Waals surface area contributed by atoms with Gasteiger partial charge in [-0.2, -0.15) is 13.2 Å². The number of hydrogen-bond donors (Lipinski definition) is 2. The number of nitrogens with zero attached hydrogens (tertiary/aromatic N) is 2. The zero-order valence-electron chi connectivity index (χ0n) is 10.1. The number of anilines is 1. The standard InChI is InChI=1S/C12H7ClF3N3O2/c13-6-3-7(17)10(11(20)21)19-9(6)8-2-1-5(4-18-8)12(14,15)16/h1-4H,17H2,(H,20,21). The normalized spacial score (nSPS) is 11.4. The van der Waals surface area contributed by atoms with Crippen molar-refractivity contribution in [1.29, 1.82) is 0 Å². The lowest BCUT2D eigenvalue weighted by Gasteiger charge is -2.09. The van der Waals surface area contributed by atoms with Crippen molar-refractivity contribution >= 4 is 23.3 Å². The van der Waals surface area contributed by atoms with Gasteiger partial charge in [0.25, 0.3) is 0 Å². The van der Waals surface area contributed by atoms with Crippen LogP contribution in [-0.2, 0) is 6.18 Å². The lowest BCUT2D eigenvalue weighted by atomic mass is 10.2. The largest absolute Gasteiger partial charge is 0.476 e. The summed E-state index contributed by atoms with van der Waals surface area (Å²) in [5, 5.41) is 8.91. The number of aromatic carboxylic acids is 1. The number of alkyl halides is 3. The molecular formula is C12H7ClF3N3O2. The zero-order valence-corrected chi connectivity index (χ0v) is 10.9. The molecule has 0 saturated carbocycles. The molecule has 0 radical (unpaired) electrons. The van der Waals surface area contributed by atoms with Crippen LogP contribution in [0, 0.1) is 0 Å². The average molecular weight is 318 g/mol. The van der Waals surface area contributed by atoms with Gasteiger partial charge in [0, 0.05) is 6.20 Å². The molecule has 0 spiro atoms. The van der Waals surface area contributed by atoms with Crippen molar-refractivity contribution in [3.05, 3.63) is 40.7 Å². The Kier molecular flexibility index (Phi) is 3.73. The molecule has 21 heavy (non-hydrogen) atoms. The van der Waals surface area contributed by atoms with E-state index in [1.165, 1.54) is 0 Å². The fraction of sp³-hybridized carbons (Fsp3) is 0.0833.